The molecule has 1 aromatic rings. The van der Waals surface area contributed by atoms with Gasteiger partial charge in [-0.05, 0) is 25.2 Å². The Morgan fingerprint density at radius 2 is 2.33 bits per heavy atom. The molecule has 2 rings (SSSR count). The Labute approximate surface area is 111 Å². The van der Waals surface area contributed by atoms with E-state index in [1.165, 1.54) is 19.0 Å². The molecule has 0 aromatic carbocycles. The molecule has 1 saturated carbocycles. The van der Waals surface area contributed by atoms with Crippen molar-refractivity contribution in [2.45, 2.75) is 30.6 Å². The lowest BCUT2D eigenvalue weighted by Gasteiger charge is -2.20. The van der Waals surface area contributed by atoms with Gasteiger partial charge in [0.1, 0.15) is 5.82 Å². The quantitative estimate of drug-likeness (QED) is 0.767. The van der Waals surface area contributed by atoms with Gasteiger partial charge in [-0.15, -0.1) is 0 Å². The number of anilines is 2. The highest BCUT2D eigenvalue weighted by Crippen LogP contribution is 2.31. The van der Waals surface area contributed by atoms with Crippen LogP contribution in [0.3, 0.4) is 0 Å². The highest BCUT2D eigenvalue weighted by molar-refractivity contribution is 7.99. The zero-order chi connectivity index (χ0) is 13.1. The van der Waals surface area contributed by atoms with Crippen LogP contribution in [0.5, 0.6) is 0 Å². The number of amides is 1. The number of primary amides is 1. The molecule has 2 atom stereocenters. The van der Waals surface area contributed by atoms with E-state index in [1.54, 1.807) is 6.07 Å². The Morgan fingerprint density at radius 1 is 1.56 bits per heavy atom. The van der Waals surface area contributed by atoms with Gasteiger partial charge < -0.3 is 16.8 Å². The molecule has 0 saturated heterocycles. The highest BCUT2D eigenvalue weighted by Gasteiger charge is 2.27. The van der Waals surface area contributed by atoms with Crippen molar-refractivity contribution in [1.29, 1.82) is 0 Å². The monoisotopic (exact) mass is 266 g/mol. The molecule has 1 aliphatic carbocycles. The van der Waals surface area contributed by atoms with E-state index in [2.05, 4.69) is 16.6 Å². The maximum atomic E-state index is 11.4. The number of hydrogen-bond acceptors (Lipinski definition) is 5. The predicted octanol–water partition coefficient (Wildman–Crippen LogP) is 1.46. The summed E-state index contributed by atoms with van der Waals surface area (Å²) >= 11 is 1.85. The second kappa shape index (κ2) is 5.48. The largest absolute Gasteiger partial charge is 0.397 e. The minimum atomic E-state index is -0.504. The smallest absolute Gasteiger partial charge is 0.252 e. The first kappa shape index (κ1) is 13.0. The maximum Gasteiger partial charge on any atom is 0.252 e. The molecule has 0 spiro atoms. The topological polar surface area (TPSA) is 94.0 Å². The fourth-order valence-corrected chi connectivity index (χ4v) is 3.27. The Morgan fingerprint density at radius 3 is 3.00 bits per heavy atom. The molecule has 98 valence electrons. The van der Waals surface area contributed by atoms with Crippen molar-refractivity contribution in [3.63, 3.8) is 0 Å². The number of nitrogens with two attached hydrogens (primary N) is 2. The van der Waals surface area contributed by atoms with Crippen molar-refractivity contribution >= 4 is 29.2 Å². The van der Waals surface area contributed by atoms with E-state index in [0.29, 0.717) is 28.4 Å². The summed E-state index contributed by atoms with van der Waals surface area (Å²) in [5, 5.41) is 3.89. The van der Waals surface area contributed by atoms with Crippen molar-refractivity contribution in [2.75, 3.05) is 17.3 Å². The van der Waals surface area contributed by atoms with Crippen LogP contribution in [-0.2, 0) is 0 Å². The average Bonchev–Trinajstić information content (AvgIpc) is 2.78. The molecule has 2 unspecified atom stereocenters. The molecule has 1 aliphatic rings. The van der Waals surface area contributed by atoms with Crippen molar-refractivity contribution in [2.24, 2.45) is 5.73 Å². The highest BCUT2D eigenvalue weighted by atomic mass is 32.2. The van der Waals surface area contributed by atoms with Gasteiger partial charge in [-0.2, -0.15) is 11.8 Å². The first-order chi connectivity index (χ1) is 8.61. The van der Waals surface area contributed by atoms with Crippen LogP contribution in [0.2, 0.25) is 0 Å². The SMILES string of the molecule is CSC1CCCC1Nc1ncc(N)cc1C(N)=O. The molecule has 0 radical (unpaired) electrons. The summed E-state index contributed by atoms with van der Waals surface area (Å²) in [7, 11) is 0. The van der Waals surface area contributed by atoms with Gasteiger partial charge in [0.2, 0.25) is 0 Å². The van der Waals surface area contributed by atoms with Gasteiger partial charge in [0.25, 0.3) is 5.91 Å². The van der Waals surface area contributed by atoms with Crippen LogP contribution in [0.4, 0.5) is 11.5 Å². The molecular formula is C12H18N4OS. The van der Waals surface area contributed by atoms with E-state index in [0.717, 1.165) is 6.42 Å². The minimum absolute atomic E-state index is 0.342. The molecule has 5 nitrogen and oxygen atoms in total. The predicted molar refractivity (Wildman–Crippen MR) is 75.7 cm³/mol. The van der Waals surface area contributed by atoms with Crippen molar-refractivity contribution < 1.29 is 4.79 Å². The van der Waals surface area contributed by atoms with E-state index < -0.39 is 5.91 Å². The number of hydrogen-bond donors (Lipinski definition) is 3. The standard InChI is InChI=1S/C12H18N4OS/c1-18-10-4-2-3-9(10)16-12-8(11(14)17)5-7(13)6-15-12/h5-6,9-10H,2-4,13H2,1H3,(H2,14,17)(H,15,16). The fourth-order valence-electron chi connectivity index (χ4n) is 2.33. The normalized spacial score (nSPS) is 22.9. The Balaban J connectivity index is 2.20. The molecular weight excluding hydrogens is 248 g/mol. The summed E-state index contributed by atoms with van der Waals surface area (Å²) in [5.41, 5.74) is 11.8. The molecule has 1 fully saturated rings. The molecule has 18 heavy (non-hydrogen) atoms. The number of carbonyl (C=O) groups excluding carboxylic acids is 1. The van der Waals surface area contributed by atoms with E-state index in [9.17, 15) is 4.79 Å². The lowest BCUT2D eigenvalue weighted by Crippen LogP contribution is -2.28. The van der Waals surface area contributed by atoms with Crippen LogP contribution in [0.15, 0.2) is 12.3 Å². The molecule has 0 aliphatic heterocycles. The number of nitrogens with one attached hydrogen (secondary N) is 1. The molecule has 0 bridgehead atoms. The number of carbonyl (C=O) groups is 1. The van der Waals surface area contributed by atoms with Crippen LogP contribution in [0.25, 0.3) is 0 Å². The summed E-state index contributed by atoms with van der Waals surface area (Å²) in [6.45, 7) is 0. The summed E-state index contributed by atoms with van der Waals surface area (Å²) in [4.78, 5) is 15.6. The number of rotatable bonds is 4. The van der Waals surface area contributed by atoms with Gasteiger partial charge in [-0.25, -0.2) is 4.98 Å². The van der Waals surface area contributed by atoms with Gasteiger partial charge in [0, 0.05) is 11.3 Å². The Bertz CT molecular complexity index is 452. The zero-order valence-corrected chi connectivity index (χ0v) is 11.2. The Hall–Kier alpha value is -1.43. The second-order valence-corrected chi connectivity index (χ2v) is 5.56. The number of nitrogens with zero attached hydrogens (tertiary/aromatic N) is 1. The molecule has 1 aromatic heterocycles. The fraction of sp³-hybridized carbons (Fsp3) is 0.500. The molecule has 5 N–H and O–H groups in total. The van der Waals surface area contributed by atoms with E-state index >= 15 is 0 Å². The maximum absolute atomic E-state index is 11.4. The van der Waals surface area contributed by atoms with Crippen LogP contribution in [0.1, 0.15) is 29.6 Å². The molecule has 1 amide bonds. The van der Waals surface area contributed by atoms with Gasteiger partial charge in [0.15, 0.2) is 0 Å². The van der Waals surface area contributed by atoms with Crippen LogP contribution < -0.4 is 16.8 Å². The third-order valence-electron chi connectivity index (χ3n) is 3.25. The van der Waals surface area contributed by atoms with Crippen LogP contribution in [-0.4, -0.2) is 28.4 Å². The summed E-state index contributed by atoms with van der Waals surface area (Å²) in [6, 6.07) is 1.91. The lowest BCUT2D eigenvalue weighted by molar-refractivity contribution is 0.100. The summed E-state index contributed by atoms with van der Waals surface area (Å²) < 4.78 is 0. The third-order valence-corrected chi connectivity index (χ3v) is 4.42. The average molecular weight is 266 g/mol. The van der Waals surface area contributed by atoms with Crippen molar-refractivity contribution in [3.05, 3.63) is 17.8 Å². The number of thioether (sulfide) groups is 1. The van der Waals surface area contributed by atoms with Gasteiger partial charge >= 0.3 is 0 Å². The second-order valence-electron chi connectivity index (χ2n) is 4.48. The first-order valence-corrected chi connectivity index (χ1v) is 7.25. The Kier molecular flexibility index (Phi) is 3.96. The van der Waals surface area contributed by atoms with Crippen LogP contribution in [0, 0.1) is 0 Å². The summed E-state index contributed by atoms with van der Waals surface area (Å²) in [6.07, 6.45) is 7.13. The van der Waals surface area contributed by atoms with E-state index in [-0.39, 0.29) is 0 Å². The number of nitrogen functional groups attached to an aromatic ring is 1. The number of aromatic nitrogens is 1. The van der Waals surface area contributed by atoms with E-state index in [4.69, 9.17) is 11.5 Å². The zero-order valence-electron chi connectivity index (χ0n) is 10.3. The van der Waals surface area contributed by atoms with E-state index in [1.807, 2.05) is 11.8 Å². The first-order valence-electron chi connectivity index (χ1n) is 5.96. The third kappa shape index (κ3) is 2.69. The van der Waals surface area contributed by atoms with Crippen molar-refractivity contribution in [3.8, 4) is 0 Å². The molecule has 1 heterocycles. The molecule has 6 heteroatoms. The lowest BCUT2D eigenvalue weighted by atomic mass is 10.2. The van der Waals surface area contributed by atoms with Gasteiger partial charge in [0.05, 0.1) is 17.4 Å². The van der Waals surface area contributed by atoms with Gasteiger partial charge in [-0.3, -0.25) is 4.79 Å². The number of pyridine rings is 1. The van der Waals surface area contributed by atoms with Crippen molar-refractivity contribution in [1.82, 2.24) is 4.98 Å². The minimum Gasteiger partial charge on any atom is -0.397 e. The van der Waals surface area contributed by atoms with Gasteiger partial charge in [-0.1, -0.05) is 6.42 Å². The van der Waals surface area contributed by atoms with Crippen LogP contribution >= 0.6 is 11.8 Å². The summed E-state index contributed by atoms with van der Waals surface area (Å²) in [5.74, 6) is 0.0404.